The molecule has 0 aromatic heterocycles. The van der Waals surface area contributed by atoms with E-state index in [1.54, 1.807) is 13.0 Å². The Morgan fingerprint density at radius 3 is 2.80 bits per heavy atom. The number of hydrogen-bond acceptors (Lipinski definition) is 5. The van der Waals surface area contributed by atoms with Gasteiger partial charge in [-0.25, -0.2) is 0 Å². The van der Waals surface area contributed by atoms with Crippen LogP contribution in [0.1, 0.15) is 18.9 Å². The van der Waals surface area contributed by atoms with Crippen LogP contribution in [0.4, 0.5) is 5.69 Å². The van der Waals surface area contributed by atoms with Gasteiger partial charge in [-0.3, -0.25) is 14.9 Å². The van der Waals surface area contributed by atoms with Crippen LogP contribution < -0.4 is 10.1 Å². The average Bonchev–Trinajstić information content (AvgIpc) is 2.39. The maximum atomic E-state index is 11.0. The van der Waals surface area contributed by atoms with Gasteiger partial charge in [0.2, 0.25) is 0 Å². The van der Waals surface area contributed by atoms with Crippen molar-refractivity contribution in [1.29, 1.82) is 0 Å². The first kappa shape index (κ1) is 15.9. The third kappa shape index (κ3) is 4.20. The summed E-state index contributed by atoms with van der Waals surface area (Å²) in [5, 5.41) is 22.7. The van der Waals surface area contributed by atoms with Gasteiger partial charge in [-0.05, 0) is 26.0 Å². The molecular formula is C13H18N2O5. The fraction of sp³-hybridized carbons (Fsp3) is 0.462. The largest absolute Gasteiger partial charge is 0.491 e. The summed E-state index contributed by atoms with van der Waals surface area (Å²) in [6.45, 7) is 3.98. The number of ether oxygens (including phenoxy) is 1. The Hall–Kier alpha value is -2.15. The fourth-order valence-electron chi connectivity index (χ4n) is 1.67. The van der Waals surface area contributed by atoms with Gasteiger partial charge in [-0.15, -0.1) is 0 Å². The third-order valence-electron chi connectivity index (χ3n) is 2.80. The first-order valence-electron chi connectivity index (χ1n) is 6.30. The second-order valence-corrected chi connectivity index (χ2v) is 4.31. The number of hydrogen-bond donors (Lipinski definition) is 2. The van der Waals surface area contributed by atoms with Gasteiger partial charge >= 0.3 is 5.97 Å². The normalized spacial score (nSPS) is 11.9. The highest BCUT2D eigenvalue weighted by Crippen LogP contribution is 2.26. The van der Waals surface area contributed by atoms with E-state index in [1.165, 1.54) is 12.1 Å². The van der Waals surface area contributed by atoms with Crippen molar-refractivity contribution in [2.24, 2.45) is 0 Å². The van der Waals surface area contributed by atoms with E-state index in [-0.39, 0.29) is 12.3 Å². The van der Waals surface area contributed by atoms with Crippen LogP contribution in [0.15, 0.2) is 18.2 Å². The molecule has 0 amide bonds. The van der Waals surface area contributed by atoms with Crippen LogP contribution in [0.2, 0.25) is 0 Å². The van der Waals surface area contributed by atoms with Crippen molar-refractivity contribution < 1.29 is 19.6 Å². The summed E-state index contributed by atoms with van der Waals surface area (Å²) < 4.78 is 5.40. The van der Waals surface area contributed by atoms with E-state index < -0.39 is 16.9 Å². The molecule has 0 fully saturated rings. The number of rotatable bonds is 8. The molecule has 2 N–H and O–H groups in total. The number of carboxylic acid groups (broad SMARTS) is 1. The minimum absolute atomic E-state index is 0.0455. The zero-order chi connectivity index (χ0) is 15.1. The Morgan fingerprint density at radius 2 is 2.25 bits per heavy atom. The molecule has 0 radical (unpaired) electrons. The van der Waals surface area contributed by atoms with E-state index in [4.69, 9.17) is 9.84 Å². The molecule has 0 heterocycles. The lowest BCUT2D eigenvalue weighted by molar-refractivity contribution is -0.385. The minimum atomic E-state index is -1.01. The number of aliphatic carboxylic acids is 1. The van der Waals surface area contributed by atoms with Gasteiger partial charge < -0.3 is 15.2 Å². The zero-order valence-corrected chi connectivity index (χ0v) is 11.5. The summed E-state index contributed by atoms with van der Waals surface area (Å²) in [5.41, 5.74) is 0.341. The fourth-order valence-corrected chi connectivity index (χ4v) is 1.67. The van der Waals surface area contributed by atoms with Crippen molar-refractivity contribution >= 4 is 11.7 Å². The van der Waals surface area contributed by atoms with Crippen molar-refractivity contribution in [3.8, 4) is 5.75 Å². The first-order chi connectivity index (χ1) is 9.47. The molecule has 1 aromatic carbocycles. The smallest absolute Gasteiger partial charge is 0.324 e. The molecule has 7 heteroatoms. The van der Waals surface area contributed by atoms with Crippen molar-refractivity contribution in [3.05, 3.63) is 33.9 Å². The number of nitrogens with one attached hydrogen (secondary N) is 1. The number of benzene rings is 1. The lowest BCUT2D eigenvalue weighted by Gasteiger charge is -2.16. The summed E-state index contributed by atoms with van der Waals surface area (Å²) in [5.74, 6) is -0.690. The number of nitrogens with zero attached hydrogens (tertiary/aromatic N) is 1. The third-order valence-corrected chi connectivity index (χ3v) is 2.80. The summed E-state index contributed by atoms with van der Waals surface area (Å²) in [7, 11) is 0. The molecule has 0 aliphatic carbocycles. The molecule has 1 atom stereocenters. The molecule has 1 aromatic rings. The van der Waals surface area contributed by atoms with Gasteiger partial charge in [0.1, 0.15) is 18.4 Å². The van der Waals surface area contributed by atoms with Gasteiger partial charge in [0, 0.05) is 6.07 Å². The quantitative estimate of drug-likeness (QED) is 0.556. The van der Waals surface area contributed by atoms with E-state index >= 15 is 0 Å². The summed E-state index contributed by atoms with van der Waals surface area (Å²) >= 11 is 0. The Morgan fingerprint density at radius 1 is 1.55 bits per heavy atom. The van der Waals surface area contributed by atoms with Crippen LogP contribution in [-0.2, 0) is 4.79 Å². The number of carboxylic acids is 1. The number of nitro benzene ring substituents is 1. The van der Waals surface area contributed by atoms with E-state index in [1.807, 2.05) is 6.92 Å². The van der Waals surface area contributed by atoms with Crippen LogP contribution in [0.3, 0.4) is 0 Å². The maximum Gasteiger partial charge on any atom is 0.324 e. The van der Waals surface area contributed by atoms with E-state index in [0.29, 0.717) is 17.9 Å². The van der Waals surface area contributed by atoms with Crippen molar-refractivity contribution in [2.75, 3.05) is 13.2 Å². The number of nitro groups is 1. The molecule has 0 bridgehead atoms. The molecule has 7 nitrogen and oxygen atoms in total. The van der Waals surface area contributed by atoms with Gasteiger partial charge in [-0.1, -0.05) is 13.0 Å². The topological polar surface area (TPSA) is 102 Å². The predicted molar refractivity (Wildman–Crippen MR) is 73.0 cm³/mol. The van der Waals surface area contributed by atoms with Crippen molar-refractivity contribution in [1.82, 2.24) is 5.32 Å². The highest BCUT2D eigenvalue weighted by atomic mass is 16.6. The molecule has 0 saturated heterocycles. The Balaban J connectivity index is 2.75. The Kier molecular flexibility index (Phi) is 5.92. The molecule has 0 spiro atoms. The lowest BCUT2D eigenvalue weighted by Crippen LogP contribution is -2.41. The van der Waals surface area contributed by atoms with Crippen LogP contribution in [0.25, 0.3) is 0 Å². The molecule has 1 rings (SSSR count). The number of carbonyl (C=O) groups is 1. The second kappa shape index (κ2) is 7.44. The van der Waals surface area contributed by atoms with Gasteiger partial charge in [0.25, 0.3) is 5.69 Å². The molecular weight excluding hydrogens is 264 g/mol. The zero-order valence-electron chi connectivity index (χ0n) is 11.5. The molecule has 0 aliphatic heterocycles. The van der Waals surface area contributed by atoms with E-state index in [2.05, 4.69) is 5.32 Å². The molecule has 0 saturated carbocycles. The molecule has 110 valence electrons. The van der Waals surface area contributed by atoms with Gasteiger partial charge in [-0.2, -0.15) is 0 Å². The second-order valence-electron chi connectivity index (χ2n) is 4.31. The Bertz CT molecular complexity index is 490. The van der Waals surface area contributed by atoms with Crippen LogP contribution in [-0.4, -0.2) is 35.2 Å². The average molecular weight is 282 g/mol. The first-order valence-corrected chi connectivity index (χ1v) is 6.30. The highest BCUT2D eigenvalue weighted by Gasteiger charge is 2.19. The van der Waals surface area contributed by atoms with Crippen molar-refractivity contribution in [2.45, 2.75) is 26.3 Å². The standard InChI is InChI=1S/C13H18N2O5/c1-3-7-14-10(13(16)17)8-20-12-6-4-5-11(9(12)2)15(18)19/h4-6,10,14H,3,7-8H2,1-2H3,(H,16,17). The molecule has 1 unspecified atom stereocenters. The van der Waals surface area contributed by atoms with E-state index in [0.717, 1.165) is 6.42 Å². The van der Waals surface area contributed by atoms with Crippen LogP contribution in [0, 0.1) is 17.0 Å². The monoisotopic (exact) mass is 282 g/mol. The van der Waals surface area contributed by atoms with Crippen LogP contribution >= 0.6 is 0 Å². The minimum Gasteiger partial charge on any atom is -0.491 e. The van der Waals surface area contributed by atoms with Gasteiger partial charge in [0.15, 0.2) is 0 Å². The lowest BCUT2D eigenvalue weighted by atomic mass is 10.2. The summed E-state index contributed by atoms with van der Waals surface area (Å²) in [4.78, 5) is 21.3. The SMILES string of the molecule is CCCNC(COc1cccc([N+](=O)[O-])c1C)C(=O)O. The summed E-state index contributed by atoms with van der Waals surface area (Å²) in [6.07, 6.45) is 0.805. The van der Waals surface area contributed by atoms with Crippen molar-refractivity contribution in [3.63, 3.8) is 0 Å². The van der Waals surface area contributed by atoms with E-state index in [9.17, 15) is 14.9 Å². The Labute approximate surface area is 116 Å². The summed E-state index contributed by atoms with van der Waals surface area (Å²) in [6, 6.07) is 3.64. The molecule has 20 heavy (non-hydrogen) atoms. The highest BCUT2D eigenvalue weighted by molar-refractivity contribution is 5.73. The van der Waals surface area contributed by atoms with Gasteiger partial charge in [0.05, 0.1) is 10.5 Å². The molecule has 0 aliphatic rings. The maximum absolute atomic E-state index is 11.0. The predicted octanol–water partition coefficient (Wildman–Crippen LogP) is 1.73. The van der Waals surface area contributed by atoms with Crippen LogP contribution in [0.5, 0.6) is 5.75 Å².